The van der Waals surface area contributed by atoms with Crippen LogP contribution in [0.4, 0.5) is 17.1 Å². The summed E-state index contributed by atoms with van der Waals surface area (Å²) in [4.78, 5) is 10.5. The van der Waals surface area contributed by atoms with Crippen molar-refractivity contribution < 1.29 is 36.5 Å². The molecule has 0 heterocycles. The fourth-order valence-corrected chi connectivity index (χ4v) is 3.75. The molecule has 8 N–H and O–H groups in total. The Hall–Kier alpha value is -3.86. The zero-order chi connectivity index (χ0) is 25.8. The molecule has 35 heavy (non-hydrogen) atoms. The molecule has 0 aromatic heterocycles. The third kappa shape index (κ3) is 6.38. The summed E-state index contributed by atoms with van der Waals surface area (Å²) < 4.78 is 60.6. The molecule has 3 aromatic rings. The quantitative estimate of drug-likeness (QED) is 0.0343. The number of nitrogen functional groups attached to an aromatic ring is 1. The maximum absolute atomic E-state index is 11.5. The number of aromatic hydroxyl groups is 1. The predicted molar refractivity (Wildman–Crippen MR) is 129 cm³/mol. The lowest BCUT2D eigenvalue weighted by molar-refractivity contribution is 0.112. The second kappa shape index (κ2) is 10.2. The van der Waals surface area contributed by atoms with Gasteiger partial charge in [0.2, 0.25) is 5.84 Å². The van der Waals surface area contributed by atoms with Gasteiger partial charge in [-0.2, -0.15) is 13.5 Å². The number of hydrogen-bond acceptors (Lipinski definition) is 11. The van der Waals surface area contributed by atoms with Crippen molar-refractivity contribution in [2.24, 2.45) is 15.3 Å². The van der Waals surface area contributed by atoms with Gasteiger partial charge in [0.15, 0.2) is 12.0 Å². The van der Waals surface area contributed by atoms with E-state index in [2.05, 4.69) is 20.8 Å². The third-order valence-corrected chi connectivity index (χ3v) is 6.14. The summed E-state index contributed by atoms with van der Waals surface area (Å²) in [6.07, 6.45) is 0.445. The Kier molecular flexibility index (Phi) is 7.49. The van der Waals surface area contributed by atoms with E-state index in [4.69, 9.17) is 5.73 Å². The molecule has 15 heteroatoms. The highest BCUT2D eigenvalue weighted by Crippen LogP contribution is 2.45. The van der Waals surface area contributed by atoms with Gasteiger partial charge in [-0.1, -0.05) is 30.3 Å². The molecule has 0 saturated heterocycles. The Balaban J connectivity index is 2.07. The van der Waals surface area contributed by atoms with Crippen LogP contribution in [0.1, 0.15) is 15.9 Å². The van der Waals surface area contributed by atoms with E-state index in [1.807, 2.05) is 0 Å². The summed E-state index contributed by atoms with van der Waals surface area (Å²) in [5.74, 6) is -0.659. The number of phenolic OH excluding ortho intramolecular Hbond substituents is 1. The van der Waals surface area contributed by atoms with Gasteiger partial charge in [0.05, 0.1) is 21.2 Å². The maximum Gasteiger partial charge on any atom is 0.294 e. The zero-order valence-electron chi connectivity index (χ0n) is 17.5. The number of rotatable bonds is 7. The molecule has 0 atom stereocenters. The molecule has 3 aromatic carbocycles. The number of benzene rings is 3. The van der Waals surface area contributed by atoms with Crippen LogP contribution in [0.15, 0.2) is 85.8 Å². The molecule has 0 spiro atoms. The molecule has 0 saturated carbocycles. The number of phenols is 1. The van der Waals surface area contributed by atoms with Gasteiger partial charge in [0.25, 0.3) is 10.1 Å². The lowest BCUT2D eigenvalue weighted by Crippen LogP contribution is -2.04. The molecular weight excluding hydrogens is 502 g/mol. The molecule has 0 aliphatic rings. The molecule has 0 radical (unpaired) electrons. The van der Waals surface area contributed by atoms with Crippen LogP contribution in [0.3, 0.4) is 0 Å². The van der Waals surface area contributed by atoms with Crippen LogP contribution in [0.2, 0.25) is 0 Å². The number of amidine groups is 1. The second-order valence-electron chi connectivity index (χ2n) is 6.85. The molecule has 3 rings (SSSR count). The van der Waals surface area contributed by atoms with Crippen LogP contribution < -0.4 is 11.2 Å². The van der Waals surface area contributed by atoms with Crippen molar-refractivity contribution in [1.82, 2.24) is 0 Å². The molecule has 0 bridgehead atoms. The van der Waals surface area contributed by atoms with Crippen molar-refractivity contribution in [1.29, 1.82) is 0 Å². The normalized spacial score (nSPS) is 13.1. The van der Waals surface area contributed by atoms with Crippen molar-refractivity contribution in [2.45, 2.75) is 9.79 Å². The predicted octanol–water partition coefficient (Wildman–Crippen LogP) is 4.17. The number of azo groups is 1. The highest BCUT2D eigenvalue weighted by atomic mass is 32.3. The van der Waals surface area contributed by atoms with Crippen molar-refractivity contribution in [3.63, 3.8) is 0 Å². The topological polar surface area (TPSA) is 227 Å². The van der Waals surface area contributed by atoms with E-state index in [0.717, 1.165) is 24.3 Å². The lowest BCUT2D eigenvalue weighted by atomic mass is 10.2. The number of hydrogen-bond donors (Lipinski definition) is 7. The van der Waals surface area contributed by atoms with E-state index < -0.39 is 31.6 Å². The van der Waals surface area contributed by atoms with Gasteiger partial charge in [0, 0.05) is 11.1 Å². The van der Waals surface area contributed by atoms with E-state index in [0.29, 0.717) is 11.8 Å². The molecule has 184 valence electrons. The summed E-state index contributed by atoms with van der Waals surface area (Å²) in [6, 6.07) is 13.4. The lowest BCUT2D eigenvalue weighted by Gasteiger charge is -2.19. The van der Waals surface area contributed by atoms with Gasteiger partial charge in [-0.05, 0) is 30.3 Å². The van der Waals surface area contributed by atoms with Crippen LogP contribution in [-0.2, 0) is 10.1 Å². The first-order valence-corrected chi connectivity index (χ1v) is 12.4. The van der Waals surface area contributed by atoms with Gasteiger partial charge in [-0.15, -0.1) is 10.2 Å². The molecular formula is C20H19N5O8S2. The summed E-state index contributed by atoms with van der Waals surface area (Å²) in [5.41, 5.74) is 7.70. The molecule has 0 amide bonds. The van der Waals surface area contributed by atoms with E-state index in [-0.39, 0.29) is 33.4 Å². The minimum atomic E-state index is -4.64. The Labute approximate surface area is 200 Å². The van der Waals surface area contributed by atoms with E-state index in [9.17, 15) is 36.5 Å². The van der Waals surface area contributed by atoms with Crippen LogP contribution in [0, 0.1) is 0 Å². The first kappa shape index (κ1) is 25.8. The third-order valence-electron chi connectivity index (χ3n) is 4.42. The standard InChI is InChI=1S/C20H19N5O8S2/c21-16-8-15(35(31,32)33)10-18(19(16)27)23-25-20(12-4-2-1-3-5-12)24-22-17-9-14(34(28,29)30)7-6-13(17)11-26/h1-11,23,27-30H,21H2,(H,31,32,33). The number of carbonyl (C=O) groups is 1. The largest absolute Gasteiger partial charge is 0.504 e. The minimum absolute atomic E-state index is 0.0211. The summed E-state index contributed by atoms with van der Waals surface area (Å²) in [7, 11) is -8.72. The molecule has 0 aliphatic heterocycles. The van der Waals surface area contributed by atoms with Crippen molar-refractivity contribution in [3.05, 3.63) is 71.8 Å². The highest BCUT2D eigenvalue weighted by Gasteiger charge is 2.18. The summed E-state index contributed by atoms with van der Waals surface area (Å²) >= 11 is 0. The number of anilines is 2. The summed E-state index contributed by atoms with van der Waals surface area (Å²) in [5, 5.41) is 22.1. The Morgan fingerprint density at radius 3 is 2.23 bits per heavy atom. The molecule has 0 unspecified atom stereocenters. The monoisotopic (exact) mass is 521 g/mol. The first-order chi connectivity index (χ1) is 16.4. The number of carbonyl (C=O) groups excluding carboxylic acids is 1. The van der Waals surface area contributed by atoms with Gasteiger partial charge < -0.3 is 24.5 Å². The van der Waals surface area contributed by atoms with E-state index in [1.54, 1.807) is 30.3 Å². The molecule has 13 nitrogen and oxygen atoms in total. The van der Waals surface area contributed by atoms with Gasteiger partial charge in [0.1, 0.15) is 16.6 Å². The zero-order valence-corrected chi connectivity index (χ0v) is 19.2. The Bertz CT molecular complexity index is 1420. The first-order valence-electron chi connectivity index (χ1n) is 9.41. The van der Waals surface area contributed by atoms with Gasteiger partial charge in [-0.25, -0.2) is 0 Å². The number of hydrazone groups is 1. The summed E-state index contributed by atoms with van der Waals surface area (Å²) in [6.45, 7) is 0. The van der Waals surface area contributed by atoms with Crippen LogP contribution in [0.25, 0.3) is 0 Å². The molecule has 0 aliphatic carbocycles. The second-order valence-corrected chi connectivity index (χ2v) is 9.78. The van der Waals surface area contributed by atoms with E-state index >= 15 is 0 Å². The highest BCUT2D eigenvalue weighted by molar-refractivity contribution is 8.19. The number of aldehydes is 1. The van der Waals surface area contributed by atoms with Crippen LogP contribution >= 0.6 is 10.9 Å². The van der Waals surface area contributed by atoms with E-state index in [1.165, 1.54) is 6.07 Å². The van der Waals surface area contributed by atoms with Crippen LogP contribution in [-0.4, -0.2) is 43.9 Å². The minimum Gasteiger partial charge on any atom is -0.504 e. The number of nitrogens with one attached hydrogen (secondary N) is 1. The Morgan fingerprint density at radius 2 is 1.63 bits per heavy atom. The van der Waals surface area contributed by atoms with Crippen molar-refractivity contribution in [2.75, 3.05) is 11.2 Å². The average molecular weight is 522 g/mol. The van der Waals surface area contributed by atoms with Gasteiger partial charge >= 0.3 is 0 Å². The Morgan fingerprint density at radius 1 is 0.943 bits per heavy atom. The van der Waals surface area contributed by atoms with Crippen LogP contribution in [0.5, 0.6) is 5.75 Å². The smallest absolute Gasteiger partial charge is 0.294 e. The van der Waals surface area contributed by atoms with Crippen molar-refractivity contribution >= 4 is 50.2 Å². The number of nitrogens with zero attached hydrogens (tertiary/aromatic N) is 3. The fraction of sp³-hybridized carbons (Fsp3) is 0. The number of nitrogens with two attached hydrogens (primary N) is 1. The van der Waals surface area contributed by atoms with Crippen molar-refractivity contribution in [3.8, 4) is 5.75 Å². The van der Waals surface area contributed by atoms with Gasteiger partial charge in [-0.3, -0.25) is 14.8 Å². The maximum atomic E-state index is 11.5. The SMILES string of the molecule is Nc1cc(S(=O)(=O)O)cc(NN=C(N=Nc2cc(S(O)(O)O)ccc2C=O)c2ccccc2)c1O. The average Bonchev–Trinajstić information content (AvgIpc) is 2.80. The molecule has 0 fully saturated rings. The fourth-order valence-electron chi connectivity index (χ4n) is 2.69.